The number of hydrogen-bond donors (Lipinski definition) is 2. The van der Waals surface area contributed by atoms with Crippen molar-refractivity contribution in [3.05, 3.63) is 21.3 Å². The van der Waals surface area contributed by atoms with Crippen LogP contribution in [0.2, 0.25) is 4.34 Å². The SMILES string of the molecule is CCC(O)CNC(C)c1ccc(Cl)s1. The monoisotopic (exact) mass is 233 g/mol. The molecule has 0 radical (unpaired) electrons. The van der Waals surface area contributed by atoms with Gasteiger partial charge in [0.2, 0.25) is 0 Å². The Hall–Kier alpha value is -0.0900. The first-order chi connectivity index (χ1) is 6.63. The normalized spacial score (nSPS) is 15.4. The quantitative estimate of drug-likeness (QED) is 0.820. The number of aliphatic hydroxyl groups excluding tert-OH is 1. The van der Waals surface area contributed by atoms with Crippen LogP contribution in [0.25, 0.3) is 0 Å². The zero-order valence-corrected chi connectivity index (χ0v) is 10.0. The maximum atomic E-state index is 9.37. The van der Waals surface area contributed by atoms with Gasteiger partial charge in [-0.3, -0.25) is 0 Å². The first kappa shape index (κ1) is 12.0. The van der Waals surface area contributed by atoms with Crippen molar-refractivity contribution in [1.82, 2.24) is 5.32 Å². The van der Waals surface area contributed by atoms with E-state index in [2.05, 4.69) is 12.2 Å². The van der Waals surface area contributed by atoms with Crippen LogP contribution in [0.4, 0.5) is 0 Å². The molecule has 1 aromatic rings. The van der Waals surface area contributed by atoms with E-state index < -0.39 is 0 Å². The molecule has 0 fully saturated rings. The number of hydrogen-bond acceptors (Lipinski definition) is 3. The van der Waals surface area contributed by atoms with Gasteiger partial charge >= 0.3 is 0 Å². The van der Waals surface area contributed by atoms with Gasteiger partial charge in [0.05, 0.1) is 10.4 Å². The lowest BCUT2D eigenvalue weighted by Gasteiger charge is -2.14. The molecule has 0 saturated heterocycles. The summed E-state index contributed by atoms with van der Waals surface area (Å²) < 4.78 is 0.810. The van der Waals surface area contributed by atoms with Gasteiger partial charge in [-0.2, -0.15) is 0 Å². The predicted octanol–water partition coefficient (Wildman–Crippen LogP) is 2.82. The smallest absolute Gasteiger partial charge is 0.0931 e. The number of thiophene rings is 1. The lowest BCUT2D eigenvalue weighted by atomic mass is 10.2. The summed E-state index contributed by atoms with van der Waals surface area (Å²) in [5.41, 5.74) is 0. The summed E-state index contributed by atoms with van der Waals surface area (Å²) in [6, 6.07) is 4.17. The van der Waals surface area contributed by atoms with Gasteiger partial charge in [-0.25, -0.2) is 0 Å². The second-order valence-electron chi connectivity index (χ2n) is 3.33. The molecule has 4 heteroatoms. The van der Waals surface area contributed by atoms with Crippen molar-refractivity contribution in [1.29, 1.82) is 0 Å². The summed E-state index contributed by atoms with van der Waals surface area (Å²) in [4.78, 5) is 1.21. The zero-order valence-electron chi connectivity index (χ0n) is 8.46. The van der Waals surface area contributed by atoms with Gasteiger partial charge in [0.25, 0.3) is 0 Å². The number of nitrogens with one attached hydrogen (secondary N) is 1. The maximum Gasteiger partial charge on any atom is 0.0931 e. The second-order valence-corrected chi connectivity index (χ2v) is 5.08. The minimum absolute atomic E-state index is 0.257. The fourth-order valence-electron chi connectivity index (χ4n) is 1.12. The van der Waals surface area contributed by atoms with E-state index in [-0.39, 0.29) is 12.1 Å². The third kappa shape index (κ3) is 3.58. The van der Waals surface area contributed by atoms with Crippen LogP contribution < -0.4 is 5.32 Å². The lowest BCUT2D eigenvalue weighted by molar-refractivity contribution is 0.164. The van der Waals surface area contributed by atoms with E-state index in [1.165, 1.54) is 4.88 Å². The van der Waals surface area contributed by atoms with Crippen LogP contribution in [0.1, 0.15) is 31.2 Å². The van der Waals surface area contributed by atoms with Crippen LogP contribution >= 0.6 is 22.9 Å². The zero-order chi connectivity index (χ0) is 10.6. The highest BCUT2D eigenvalue weighted by molar-refractivity contribution is 7.16. The van der Waals surface area contributed by atoms with Crippen LogP contribution in [0, 0.1) is 0 Å². The fourth-order valence-corrected chi connectivity index (χ4v) is 2.21. The molecule has 80 valence electrons. The van der Waals surface area contributed by atoms with E-state index in [0.29, 0.717) is 6.54 Å². The van der Waals surface area contributed by atoms with E-state index in [1.54, 1.807) is 11.3 Å². The maximum absolute atomic E-state index is 9.37. The molecule has 0 aliphatic heterocycles. The minimum Gasteiger partial charge on any atom is -0.392 e. The number of aliphatic hydroxyl groups is 1. The van der Waals surface area contributed by atoms with Crippen LogP contribution in [-0.4, -0.2) is 17.8 Å². The van der Waals surface area contributed by atoms with E-state index in [0.717, 1.165) is 10.8 Å². The average Bonchev–Trinajstić information content (AvgIpc) is 2.60. The first-order valence-electron chi connectivity index (χ1n) is 4.80. The Morgan fingerprint density at radius 1 is 1.57 bits per heavy atom. The van der Waals surface area contributed by atoms with Crippen molar-refractivity contribution in [2.45, 2.75) is 32.4 Å². The fraction of sp³-hybridized carbons (Fsp3) is 0.600. The van der Waals surface area contributed by atoms with Gasteiger partial charge in [-0.1, -0.05) is 18.5 Å². The van der Waals surface area contributed by atoms with Crippen molar-refractivity contribution in [3.63, 3.8) is 0 Å². The number of rotatable bonds is 5. The molecular formula is C10H16ClNOS. The highest BCUT2D eigenvalue weighted by atomic mass is 35.5. The van der Waals surface area contributed by atoms with Crippen LogP contribution in [0.5, 0.6) is 0 Å². The molecule has 0 amide bonds. The molecule has 2 atom stereocenters. The molecule has 1 aromatic heterocycles. The number of halogens is 1. The van der Waals surface area contributed by atoms with Crippen molar-refractivity contribution >= 4 is 22.9 Å². The summed E-state index contributed by atoms with van der Waals surface area (Å²) in [6.45, 7) is 4.68. The predicted molar refractivity (Wildman–Crippen MR) is 62.0 cm³/mol. The second kappa shape index (κ2) is 5.71. The van der Waals surface area contributed by atoms with E-state index in [4.69, 9.17) is 11.6 Å². The first-order valence-corrected chi connectivity index (χ1v) is 5.99. The molecule has 2 N–H and O–H groups in total. The minimum atomic E-state index is -0.257. The molecule has 0 aliphatic rings. The standard InChI is InChI=1S/C10H16ClNOS/c1-3-8(13)6-12-7(2)9-4-5-10(11)14-9/h4-5,7-8,12-13H,3,6H2,1-2H3. The van der Waals surface area contributed by atoms with Crippen LogP contribution in [-0.2, 0) is 0 Å². The third-order valence-corrected chi connectivity index (χ3v) is 3.57. The largest absolute Gasteiger partial charge is 0.392 e. The molecule has 1 rings (SSSR count). The van der Waals surface area contributed by atoms with Crippen molar-refractivity contribution in [3.8, 4) is 0 Å². The molecule has 0 bridgehead atoms. The van der Waals surface area contributed by atoms with Crippen LogP contribution in [0.15, 0.2) is 12.1 Å². The summed E-state index contributed by atoms with van der Waals surface area (Å²) in [6.07, 6.45) is 0.526. The van der Waals surface area contributed by atoms with E-state index in [9.17, 15) is 5.11 Å². The summed E-state index contributed by atoms with van der Waals surface area (Å²) in [5.74, 6) is 0. The summed E-state index contributed by atoms with van der Waals surface area (Å²) in [5, 5.41) is 12.6. The lowest BCUT2D eigenvalue weighted by Crippen LogP contribution is -2.28. The van der Waals surface area contributed by atoms with Gasteiger partial charge < -0.3 is 10.4 Å². The molecule has 0 saturated carbocycles. The average molecular weight is 234 g/mol. The molecule has 0 aromatic carbocycles. The van der Waals surface area contributed by atoms with Gasteiger partial charge in [0.1, 0.15) is 0 Å². The molecule has 2 nitrogen and oxygen atoms in total. The van der Waals surface area contributed by atoms with E-state index in [1.807, 2.05) is 19.1 Å². The van der Waals surface area contributed by atoms with Crippen LogP contribution in [0.3, 0.4) is 0 Å². The van der Waals surface area contributed by atoms with Crippen molar-refractivity contribution in [2.75, 3.05) is 6.54 Å². The molecule has 1 heterocycles. The molecule has 14 heavy (non-hydrogen) atoms. The Labute approximate surface area is 93.9 Å². The summed E-state index contributed by atoms with van der Waals surface area (Å²) >= 11 is 7.41. The Morgan fingerprint density at radius 3 is 2.79 bits per heavy atom. The molecule has 0 spiro atoms. The van der Waals surface area contributed by atoms with E-state index >= 15 is 0 Å². The molecule has 0 aliphatic carbocycles. The van der Waals surface area contributed by atoms with Gasteiger partial charge in [0, 0.05) is 17.5 Å². The Kier molecular flexibility index (Phi) is 4.89. The third-order valence-electron chi connectivity index (χ3n) is 2.15. The van der Waals surface area contributed by atoms with Gasteiger partial charge in [0.15, 0.2) is 0 Å². The highest BCUT2D eigenvalue weighted by Gasteiger charge is 2.09. The highest BCUT2D eigenvalue weighted by Crippen LogP contribution is 2.26. The molecule has 2 unspecified atom stereocenters. The Balaban J connectivity index is 2.39. The van der Waals surface area contributed by atoms with Gasteiger partial charge in [-0.15, -0.1) is 11.3 Å². The topological polar surface area (TPSA) is 32.3 Å². The Bertz CT molecular complexity index is 277. The van der Waals surface area contributed by atoms with Gasteiger partial charge in [-0.05, 0) is 25.5 Å². The van der Waals surface area contributed by atoms with Crippen molar-refractivity contribution in [2.24, 2.45) is 0 Å². The Morgan fingerprint density at radius 2 is 2.29 bits per heavy atom. The molecular weight excluding hydrogens is 218 g/mol. The van der Waals surface area contributed by atoms with Crippen molar-refractivity contribution < 1.29 is 5.11 Å². The summed E-state index contributed by atoms with van der Waals surface area (Å²) in [7, 11) is 0.